The Bertz CT molecular complexity index is 736. The first kappa shape index (κ1) is 16.4. The van der Waals surface area contributed by atoms with Gasteiger partial charge in [0.15, 0.2) is 0 Å². The van der Waals surface area contributed by atoms with E-state index in [1.165, 1.54) is 0 Å². The quantitative estimate of drug-likeness (QED) is 0.583. The number of aryl methyl sites for hydroxylation is 1. The number of carbonyl (C=O) groups excluding carboxylic acids is 1. The maximum Gasteiger partial charge on any atom is 0.239 e. The largest absolute Gasteiger partial charge is 0.279 e. The maximum atomic E-state index is 12.4. The van der Waals surface area contributed by atoms with Crippen molar-refractivity contribution in [3.05, 3.63) is 49.2 Å². The van der Waals surface area contributed by atoms with E-state index in [1.54, 1.807) is 29.1 Å². The molecule has 1 aliphatic heterocycles. The summed E-state index contributed by atoms with van der Waals surface area (Å²) in [6.07, 6.45) is 3.48. The summed E-state index contributed by atoms with van der Waals surface area (Å²) in [4.78, 5) is 22.8. The van der Waals surface area contributed by atoms with Crippen molar-refractivity contribution in [3.8, 4) is 0 Å². The fraction of sp³-hybridized carbons (Fsp3) is 0.214. The van der Waals surface area contributed by atoms with Crippen LogP contribution in [0.1, 0.15) is 16.6 Å². The van der Waals surface area contributed by atoms with Crippen molar-refractivity contribution in [2.75, 3.05) is 10.7 Å². The number of pyridine rings is 2. The molecule has 2 aromatic rings. The summed E-state index contributed by atoms with van der Waals surface area (Å²) in [5, 5.41) is -0.132. The number of rotatable bonds is 2. The number of hydrogen-bond acceptors (Lipinski definition) is 4. The number of nitrogens with zero attached hydrogens (tertiary/aromatic N) is 3. The molecule has 0 spiro atoms. The van der Waals surface area contributed by atoms with Gasteiger partial charge in [0, 0.05) is 31.4 Å². The van der Waals surface area contributed by atoms with Crippen LogP contribution in [0.3, 0.4) is 0 Å². The fourth-order valence-electron chi connectivity index (χ4n) is 2.21. The molecule has 8 heteroatoms. The summed E-state index contributed by atoms with van der Waals surface area (Å²) in [6, 6.07) is 3.78. The third-order valence-corrected chi connectivity index (χ3v) is 6.54. The third-order valence-electron chi connectivity index (χ3n) is 3.26. The van der Waals surface area contributed by atoms with Crippen LogP contribution < -0.4 is 4.90 Å². The average Bonchev–Trinajstić information content (AvgIpc) is 2.84. The van der Waals surface area contributed by atoms with Crippen LogP contribution in [-0.2, 0) is 4.79 Å². The first-order valence-corrected chi connectivity index (χ1v) is 9.77. The van der Waals surface area contributed by atoms with Crippen molar-refractivity contribution in [1.82, 2.24) is 9.97 Å². The van der Waals surface area contributed by atoms with Crippen molar-refractivity contribution in [2.24, 2.45) is 0 Å². The Morgan fingerprint density at radius 1 is 1.18 bits per heavy atom. The summed E-state index contributed by atoms with van der Waals surface area (Å²) in [7, 11) is 0. The van der Waals surface area contributed by atoms with Crippen LogP contribution in [0, 0.1) is 6.92 Å². The molecule has 0 bridgehead atoms. The molecule has 1 saturated heterocycles. The molecule has 0 saturated carbocycles. The average molecular weight is 508 g/mol. The number of anilines is 1. The molecule has 3 rings (SSSR count). The van der Waals surface area contributed by atoms with Gasteiger partial charge in [-0.25, -0.2) is 4.98 Å². The van der Waals surface area contributed by atoms with Gasteiger partial charge in [0.2, 0.25) is 5.91 Å². The van der Waals surface area contributed by atoms with Crippen molar-refractivity contribution in [2.45, 2.75) is 12.3 Å². The molecule has 1 unspecified atom stereocenters. The maximum absolute atomic E-state index is 12.4. The molecule has 0 N–H and O–H groups in total. The van der Waals surface area contributed by atoms with Crippen molar-refractivity contribution >= 4 is 71.3 Å². The van der Waals surface area contributed by atoms with Crippen molar-refractivity contribution in [1.29, 1.82) is 0 Å². The molecule has 22 heavy (non-hydrogen) atoms. The topological polar surface area (TPSA) is 46.1 Å². The number of thioether (sulfide) groups is 1. The molecule has 1 fully saturated rings. The molecule has 3 heterocycles. The third kappa shape index (κ3) is 2.98. The SMILES string of the molecule is Cc1nc(N2C(=O)CSC2c2c(Br)cncc2Br)ccc1Br. The van der Waals surface area contributed by atoms with E-state index in [-0.39, 0.29) is 11.3 Å². The first-order chi connectivity index (χ1) is 10.5. The summed E-state index contributed by atoms with van der Waals surface area (Å²) in [5.41, 5.74) is 1.85. The Balaban J connectivity index is 2.08. The lowest BCUT2D eigenvalue weighted by Gasteiger charge is -2.25. The molecule has 0 radical (unpaired) electrons. The summed E-state index contributed by atoms with van der Waals surface area (Å²) in [6.45, 7) is 1.91. The smallest absolute Gasteiger partial charge is 0.239 e. The molecule has 1 amide bonds. The zero-order valence-corrected chi connectivity index (χ0v) is 17.0. The minimum atomic E-state index is -0.132. The van der Waals surface area contributed by atoms with Crippen LogP contribution in [0.25, 0.3) is 0 Å². The number of amides is 1. The van der Waals surface area contributed by atoms with Crippen LogP contribution in [0.15, 0.2) is 37.9 Å². The van der Waals surface area contributed by atoms with Gasteiger partial charge in [0.25, 0.3) is 0 Å². The summed E-state index contributed by atoms with van der Waals surface area (Å²) in [5.74, 6) is 1.15. The number of halogens is 3. The standard InChI is InChI=1S/C14H10Br3N3OS/c1-7-8(15)2-3-11(19-7)20-12(21)6-22-14(20)13-9(16)4-18-5-10(13)17/h2-5,14H,6H2,1H3. The molecule has 4 nitrogen and oxygen atoms in total. The van der Waals surface area contributed by atoms with Gasteiger partial charge in [-0.1, -0.05) is 0 Å². The predicted octanol–water partition coefficient (Wildman–Crippen LogP) is 4.85. The number of aromatic nitrogens is 2. The highest BCUT2D eigenvalue weighted by atomic mass is 79.9. The lowest BCUT2D eigenvalue weighted by molar-refractivity contribution is -0.115. The highest BCUT2D eigenvalue weighted by Crippen LogP contribution is 2.46. The minimum Gasteiger partial charge on any atom is -0.279 e. The zero-order chi connectivity index (χ0) is 15.9. The van der Waals surface area contributed by atoms with Gasteiger partial charge >= 0.3 is 0 Å². The summed E-state index contributed by atoms with van der Waals surface area (Å²) >= 11 is 12.1. The normalized spacial score (nSPS) is 18.1. The lowest BCUT2D eigenvalue weighted by Crippen LogP contribution is -2.29. The van der Waals surface area contributed by atoms with Crippen molar-refractivity contribution < 1.29 is 4.79 Å². The molecule has 0 aromatic carbocycles. The second-order valence-electron chi connectivity index (χ2n) is 4.68. The zero-order valence-electron chi connectivity index (χ0n) is 11.4. The van der Waals surface area contributed by atoms with E-state index < -0.39 is 0 Å². The van der Waals surface area contributed by atoms with Crippen molar-refractivity contribution in [3.63, 3.8) is 0 Å². The van der Waals surface area contributed by atoms with Crippen LogP contribution >= 0.6 is 59.6 Å². The van der Waals surface area contributed by atoms with Gasteiger partial charge in [-0.2, -0.15) is 0 Å². The summed E-state index contributed by atoms with van der Waals surface area (Å²) < 4.78 is 2.67. The van der Waals surface area contributed by atoms with Crippen LogP contribution in [0.5, 0.6) is 0 Å². The van der Waals surface area contributed by atoms with Gasteiger partial charge in [0.05, 0.1) is 11.4 Å². The predicted molar refractivity (Wildman–Crippen MR) is 99.0 cm³/mol. The highest BCUT2D eigenvalue weighted by Gasteiger charge is 2.37. The molecule has 1 aliphatic rings. The Hall–Kier alpha value is -0.440. The van der Waals surface area contributed by atoms with Gasteiger partial charge in [-0.05, 0) is 66.8 Å². The lowest BCUT2D eigenvalue weighted by atomic mass is 10.2. The van der Waals surface area contributed by atoms with E-state index in [1.807, 2.05) is 19.1 Å². The molecule has 114 valence electrons. The Morgan fingerprint density at radius 2 is 1.86 bits per heavy atom. The Labute approximate surface area is 157 Å². The van der Waals surface area contributed by atoms with E-state index in [4.69, 9.17) is 0 Å². The monoisotopic (exact) mass is 505 g/mol. The first-order valence-electron chi connectivity index (χ1n) is 6.34. The van der Waals surface area contributed by atoms with Gasteiger partial charge < -0.3 is 0 Å². The Morgan fingerprint density at radius 3 is 2.50 bits per heavy atom. The molecular weight excluding hydrogens is 498 g/mol. The van der Waals surface area contributed by atoms with E-state index in [9.17, 15) is 4.79 Å². The van der Waals surface area contributed by atoms with E-state index in [0.29, 0.717) is 11.6 Å². The molecule has 0 aliphatic carbocycles. The van der Waals surface area contributed by atoms with E-state index >= 15 is 0 Å². The van der Waals surface area contributed by atoms with Crippen LogP contribution in [-0.4, -0.2) is 21.6 Å². The fourth-order valence-corrected chi connectivity index (χ4v) is 5.33. The Kier molecular flexibility index (Phi) is 4.92. The van der Waals surface area contributed by atoms with E-state index in [0.717, 1.165) is 24.7 Å². The molecule has 1 atom stereocenters. The number of carbonyl (C=O) groups is 1. The second-order valence-corrected chi connectivity index (χ2v) is 8.31. The van der Waals surface area contributed by atoms with Crippen LogP contribution in [0.4, 0.5) is 5.82 Å². The molecule has 2 aromatic heterocycles. The molecular formula is C14H10Br3N3OS. The second kappa shape index (κ2) is 6.59. The van der Waals surface area contributed by atoms with Crippen LogP contribution in [0.2, 0.25) is 0 Å². The van der Waals surface area contributed by atoms with Gasteiger partial charge in [-0.3, -0.25) is 14.7 Å². The highest BCUT2D eigenvalue weighted by molar-refractivity contribution is 9.11. The van der Waals surface area contributed by atoms with Gasteiger partial charge in [0.1, 0.15) is 11.2 Å². The van der Waals surface area contributed by atoms with Gasteiger partial charge in [-0.15, -0.1) is 11.8 Å². The van der Waals surface area contributed by atoms with E-state index in [2.05, 4.69) is 57.8 Å². The number of hydrogen-bond donors (Lipinski definition) is 0. The minimum absolute atomic E-state index is 0.0554.